The normalized spacial score (nSPS) is 5.56. The van der Waals surface area contributed by atoms with Crippen molar-refractivity contribution < 1.29 is 145 Å². The van der Waals surface area contributed by atoms with Crippen molar-refractivity contribution >= 4 is 26.2 Å². The summed E-state index contributed by atoms with van der Waals surface area (Å²) in [4.78, 5) is 0. The Kier molecular flexibility index (Phi) is 66.8. The molecular weight excluding hydrogens is 796 g/mol. The maximum atomic E-state index is 8.60. The predicted molar refractivity (Wildman–Crippen MR) is 11.2 cm³/mol. The van der Waals surface area contributed by atoms with Gasteiger partial charge < -0.3 is 0 Å². The molecule has 0 rings (SSSR count). The molecule has 0 unspecified atom stereocenters. The van der Waals surface area contributed by atoms with E-state index in [2.05, 4.69) is 0 Å². The van der Waals surface area contributed by atoms with Gasteiger partial charge in [0.2, 0.25) is 0 Å². The monoisotopic (exact) mass is 796 g/mol. The van der Waals surface area contributed by atoms with Crippen LogP contribution in [0.2, 0.25) is 0 Å². The number of hydrogen-bond acceptors (Lipinski definition) is 12. The number of rotatable bonds is 0. The summed E-state index contributed by atoms with van der Waals surface area (Å²) in [5, 5.41) is 0. The molecule has 0 amide bonds. The molecule has 0 bridgehead atoms. The molecule has 0 aromatic rings. The first-order chi connectivity index (χ1) is 6.93. The van der Waals surface area contributed by atoms with Crippen molar-refractivity contribution in [1.29, 1.82) is 0 Å². The van der Waals surface area contributed by atoms with Crippen LogP contribution in [0.25, 0.3) is 0 Å². The van der Waals surface area contributed by atoms with Gasteiger partial charge in [0.05, 0.1) is 0 Å². The molecule has 0 aliphatic heterocycles. The van der Waals surface area contributed by atoms with Gasteiger partial charge in [-0.2, -0.15) is 0 Å². The molecule has 0 heterocycles. The topological polar surface area (TPSA) is 229 Å². The van der Waals surface area contributed by atoms with Crippen LogP contribution in [0.5, 0.6) is 0 Å². The van der Waals surface area contributed by atoms with Crippen LogP contribution in [0.4, 0.5) is 0 Å². The van der Waals surface area contributed by atoms with Crippen molar-refractivity contribution in [3.05, 3.63) is 0 Å². The summed E-state index contributed by atoms with van der Waals surface area (Å²) in [6.07, 6.45) is 0. The first-order valence-corrected chi connectivity index (χ1v) is 13.0. The van der Waals surface area contributed by atoms with Crippen LogP contribution in [0.15, 0.2) is 0 Å². The third kappa shape index (κ3) is 656. The molecule has 12 nitrogen and oxygen atoms in total. The second kappa shape index (κ2) is 32.1. The molecule has 98 valence electrons. The van der Waals surface area contributed by atoms with E-state index in [-0.39, 0.29) is 55.8 Å². The van der Waals surface area contributed by atoms with Crippen LogP contribution >= 0.6 is 0 Å². The minimum atomic E-state index is -4.20. The zero-order chi connectivity index (χ0) is 14.3. The van der Waals surface area contributed by atoms with Crippen molar-refractivity contribution in [2.24, 2.45) is 0 Å². The molecule has 0 aliphatic rings. The second-order valence-corrected chi connectivity index (χ2v) is 5.29. The summed E-state index contributed by atoms with van der Waals surface area (Å²) in [6, 6.07) is 0. The van der Waals surface area contributed by atoms with Crippen LogP contribution in [0, 0.1) is 0 Å². The Bertz CT molecular complexity index is 298. The van der Waals surface area contributed by atoms with Crippen molar-refractivity contribution in [2.45, 2.75) is 0 Å². The van der Waals surface area contributed by atoms with Gasteiger partial charge in [0.1, 0.15) is 0 Å². The molecule has 2 radical (unpaired) electrons. The standard InChI is InChI=1S/Bi.Na.4Nb.12O/q+3;+1;;;;;;;;;;;;;4*-1. The fourth-order valence-electron chi connectivity index (χ4n) is 0. The van der Waals surface area contributed by atoms with Crippen LogP contribution < -0.4 is 44.0 Å². The summed E-state index contributed by atoms with van der Waals surface area (Å²) < 4.78 is 103. The molecule has 0 N–H and O–H groups in total. The zero-order valence-corrected chi connectivity index (χ0v) is 22.4. The van der Waals surface area contributed by atoms with E-state index in [1.165, 1.54) is 0 Å². The second-order valence-electron chi connectivity index (χ2n) is 0.894. The quantitative estimate of drug-likeness (QED) is 0.208. The Labute approximate surface area is 168 Å². The molecule has 0 atom stereocenters. The SMILES string of the molecule is [Bi+3].[Na+].[O]=[Nb](=[O])[O-].[O]=[Nb](=[O])[O-].[O]=[Nb](=[O])[O-].[O]=[Nb](=[O])[O-]. The fourth-order valence-corrected chi connectivity index (χ4v) is 0. The molecule has 0 spiro atoms. The zero-order valence-electron chi connectivity index (χ0n) is 8.14. The van der Waals surface area contributed by atoms with E-state index < -0.39 is 75.1 Å². The van der Waals surface area contributed by atoms with E-state index in [0.717, 1.165) is 0 Å². The molecule has 0 aliphatic carbocycles. The fraction of sp³-hybridized carbons (Fsp3) is 0. The Morgan fingerprint density at radius 1 is 0.444 bits per heavy atom. The maximum absolute atomic E-state index is 8.60. The Morgan fingerprint density at radius 2 is 0.444 bits per heavy atom. The summed E-state index contributed by atoms with van der Waals surface area (Å²) in [5.41, 5.74) is 0. The van der Waals surface area contributed by atoms with Crippen LogP contribution in [-0.2, 0) is 101 Å². The summed E-state index contributed by atoms with van der Waals surface area (Å²) in [6.45, 7) is 0. The molecular formula is BiNaNb4O12. The third-order valence-corrected chi connectivity index (χ3v) is 0. The van der Waals surface area contributed by atoms with Gasteiger partial charge in [0, 0.05) is 0 Å². The minimum absolute atomic E-state index is 0. The molecule has 0 saturated carbocycles. The molecule has 0 fully saturated rings. The average Bonchev–Trinajstić information content (AvgIpc) is 1.76. The van der Waals surface area contributed by atoms with Crippen LogP contribution in [0.1, 0.15) is 0 Å². The third-order valence-electron chi connectivity index (χ3n) is 0. The van der Waals surface area contributed by atoms with E-state index in [1.807, 2.05) is 0 Å². The van der Waals surface area contributed by atoms with Crippen molar-refractivity contribution in [3.63, 3.8) is 0 Å². The molecule has 0 saturated heterocycles. The van der Waals surface area contributed by atoms with Crippen molar-refractivity contribution in [2.75, 3.05) is 0 Å². The number of hydrogen-bond donors (Lipinski definition) is 0. The average molecular weight is 796 g/mol. The van der Waals surface area contributed by atoms with Gasteiger partial charge in [-0.15, -0.1) is 0 Å². The van der Waals surface area contributed by atoms with Crippen LogP contribution in [0.3, 0.4) is 0 Å². The first kappa shape index (κ1) is 37.4. The Morgan fingerprint density at radius 3 is 0.444 bits per heavy atom. The van der Waals surface area contributed by atoms with E-state index in [4.69, 9.17) is 40.5 Å². The first-order valence-electron chi connectivity index (χ1n) is 2.19. The van der Waals surface area contributed by atoms with Gasteiger partial charge in [-0.05, 0) is 0 Å². The summed E-state index contributed by atoms with van der Waals surface area (Å²) in [7, 11) is 0. The Hall–Kier alpha value is 3.08. The van der Waals surface area contributed by atoms with Crippen molar-refractivity contribution in [1.82, 2.24) is 0 Å². The van der Waals surface area contributed by atoms with E-state index in [9.17, 15) is 0 Å². The van der Waals surface area contributed by atoms with Gasteiger partial charge in [0.25, 0.3) is 0 Å². The summed E-state index contributed by atoms with van der Waals surface area (Å²) >= 11 is -16.8. The molecule has 0 aromatic carbocycles. The van der Waals surface area contributed by atoms with Gasteiger partial charge in [-0.25, -0.2) is 0 Å². The van der Waals surface area contributed by atoms with Gasteiger partial charge in [-0.1, -0.05) is 0 Å². The molecule has 18 heavy (non-hydrogen) atoms. The predicted octanol–water partition coefficient (Wildman–Crippen LogP) is -9.09. The van der Waals surface area contributed by atoms with Crippen LogP contribution in [-0.4, -0.2) is 26.2 Å². The van der Waals surface area contributed by atoms with Gasteiger partial charge in [-0.3, -0.25) is 0 Å². The van der Waals surface area contributed by atoms with Gasteiger partial charge >= 0.3 is 171 Å². The van der Waals surface area contributed by atoms with E-state index in [1.54, 1.807) is 0 Å². The molecule has 0 aromatic heterocycles. The summed E-state index contributed by atoms with van der Waals surface area (Å²) in [5.74, 6) is 0. The van der Waals surface area contributed by atoms with E-state index >= 15 is 0 Å². The van der Waals surface area contributed by atoms with Crippen molar-refractivity contribution in [3.8, 4) is 0 Å². The molecule has 18 heteroatoms. The van der Waals surface area contributed by atoms with E-state index in [0.29, 0.717) is 0 Å². The van der Waals surface area contributed by atoms with Gasteiger partial charge in [0.15, 0.2) is 0 Å². The Balaban J connectivity index is -0.0000000257.